The molecule has 1 unspecified atom stereocenters. The van der Waals surface area contributed by atoms with Crippen LogP contribution in [0.3, 0.4) is 0 Å². The van der Waals surface area contributed by atoms with Crippen molar-refractivity contribution in [2.75, 3.05) is 32.5 Å². The Hall–Kier alpha value is -1.12. The van der Waals surface area contributed by atoms with Crippen molar-refractivity contribution in [3.8, 4) is 0 Å². The van der Waals surface area contributed by atoms with Crippen LogP contribution in [-0.2, 0) is 14.6 Å². The zero-order valence-corrected chi connectivity index (χ0v) is 16.4. The summed E-state index contributed by atoms with van der Waals surface area (Å²) in [5, 5.41) is 6.24. The number of ether oxygens (including phenoxy) is 1. The van der Waals surface area contributed by atoms with E-state index in [-0.39, 0.29) is 17.9 Å². The molecule has 1 saturated heterocycles. The highest BCUT2D eigenvalue weighted by atomic mass is 79.9. The molecule has 0 saturated carbocycles. The van der Waals surface area contributed by atoms with E-state index in [9.17, 15) is 8.42 Å². The van der Waals surface area contributed by atoms with Crippen LogP contribution in [0.15, 0.2) is 38.6 Å². The fraction of sp³-hybridized carbons (Fsp3) is 0.562. The lowest BCUT2D eigenvalue weighted by Gasteiger charge is -2.24. The normalized spacial score (nSPS) is 21.7. The molecular formula is C16H24BrN3O3S. The van der Waals surface area contributed by atoms with E-state index in [1.54, 1.807) is 31.3 Å². The van der Waals surface area contributed by atoms with Gasteiger partial charge in [0, 0.05) is 31.2 Å². The number of nitrogens with one attached hydrogen (secondary N) is 2. The number of aliphatic imine (C=N–C) groups is 1. The third-order valence-corrected chi connectivity index (χ3v) is 6.25. The molecule has 0 radical (unpaired) electrons. The van der Waals surface area contributed by atoms with Crippen LogP contribution in [-0.4, -0.2) is 52.5 Å². The SMILES string of the molecule is CN=C(NCCS(=O)(=O)c1ccc(Br)cc1)NCC1(C)CCCO1. The van der Waals surface area contributed by atoms with Gasteiger partial charge in [-0.25, -0.2) is 8.42 Å². The molecule has 1 atom stereocenters. The minimum absolute atomic E-state index is 0.00308. The average Bonchev–Trinajstić information content (AvgIpc) is 2.98. The molecule has 2 rings (SSSR count). The van der Waals surface area contributed by atoms with Crippen molar-refractivity contribution < 1.29 is 13.2 Å². The van der Waals surface area contributed by atoms with Gasteiger partial charge in [0.1, 0.15) is 0 Å². The fourth-order valence-electron chi connectivity index (χ4n) is 2.53. The number of benzene rings is 1. The van der Waals surface area contributed by atoms with Crippen LogP contribution in [0.4, 0.5) is 0 Å². The molecule has 0 spiro atoms. The molecule has 8 heteroatoms. The molecule has 0 aromatic heterocycles. The first-order chi connectivity index (χ1) is 11.3. The van der Waals surface area contributed by atoms with E-state index >= 15 is 0 Å². The van der Waals surface area contributed by atoms with Gasteiger partial charge in [-0.1, -0.05) is 15.9 Å². The first-order valence-electron chi connectivity index (χ1n) is 7.91. The number of guanidine groups is 1. The number of rotatable bonds is 6. The average molecular weight is 418 g/mol. The maximum atomic E-state index is 12.3. The van der Waals surface area contributed by atoms with Gasteiger partial charge in [-0.05, 0) is 44.0 Å². The lowest BCUT2D eigenvalue weighted by Crippen LogP contribution is -2.46. The molecule has 6 nitrogen and oxygen atoms in total. The van der Waals surface area contributed by atoms with E-state index in [1.807, 2.05) is 0 Å². The number of nitrogens with zero attached hydrogens (tertiary/aromatic N) is 1. The molecule has 0 bridgehead atoms. The van der Waals surface area contributed by atoms with Crippen molar-refractivity contribution in [3.05, 3.63) is 28.7 Å². The van der Waals surface area contributed by atoms with Gasteiger partial charge in [0.05, 0.1) is 16.2 Å². The van der Waals surface area contributed by atoms with Gasteiger partial charge in [0.2, 0.25) is 0 Å². The smallest absolute Gasteiger partial charge is 0.191 e. The van der Waals surface area contributed by atoms with E-state index in [2.05, 4.69) is 38.5 Å². The molecule has 0 aliphatic carbocycles. The van der Waals surface area contributed by atoms with E-state index in [0.29, 0.717) is 17.4 Å². The number of hydrogen-bond donors (Lipinski definition) is 2. The molecule has 2 N–H and O–H groups in total. The first-order valence-corrected chi connectivity index (χ1v) is 10.4. The Balaban J connectivity index is 1.81. The Morgan fingerprint density at radius 3 is 2.62 bits per heavy atom. The highest BCUT2D eigenvalue weighted by Gasteiger charge is 2.29. The minimum Gasteiger partial charge on any atom is -0.373 e. The molecule has 0 amide bonds. The standard InChI is InChI=1S/C16H24BrN3O3S/c1-16(8-3-10-23-16)12-20-15(18-2)19-9-11-24(21,22)14-6-4-13(17)5-7-14/h4-7H,3,8-12H2,1-2H3,(H2,18,19,20). The minimum atomic E-state index is -3.31. The first kappa shape index (κ1) is 19.2. The number of sulfone groups is 1. The van der Waals surface area contributed by atoms with Gasteiger partial charge < -0.3 is 15.4 Å². The van der Waals surface area contributed by atoms with Gasteiger partial charge >= 0.3 is 0 Å². The molecule has 1 aliphatic rings. The van der Waals surface area contributed by atoms with Crippen LogP contribution in [0.1, 0.15) is 19.8 Å². The summed E-state index contributed by atoms with van der Waals surface area (Å²) in [4.78, 5) is 4.44. The molecule has 24 heavy (non-hydrogen) atoms. The molecule has 1 aromatic carbocycles. The second-order valence-corrected chi connectivity index (χ2v) is 9.05. The van der Waals surface area contributed by atoms with Crippen LogP contribution in [0.25, 0.3) is 0 Å². The van der Waals surface area contributed by atoms with Crippen molar-refractivity contribution in [1.82, 2.24) is 10.6 Å². The Bertz CT molecular complexity index is 668. The summed E-state index contributed by atoms with van der Waals surface area (Å²) in [6.07, 6.45) is 2.07. The predicted octanol–water partition coefficient (Wildman–Crippen LogP) is 1.96. The lowest BCUT2D eigenvalue weighted by atomic mass is 10.0. The highest BCUT2D eigenvalue weighted by molar-refractivity contribution is 9.10. The summed E-state index contributed by atoms with van der Waals surface area (Å²) in [6.45, 7) is 3.79. The highest BCUT2D eigenvalue weighted by Crippen LogP contribution is 2.23. The summed E-state index contributed by atoms with van der Waals surface area (Å²) in [5.74, 6) is 0.584. The maximum absolute atomic E-state index is 12.3. The Kier molecular flexibility index (Phi) is 6.65. The van der Waals surface area contributed by atoms with Gasteiger partial charge in [-0.3, -0.25) is 4.99 Å². The van der Waals surface area contributed by atoms with E-state index in [4.69, 9.17) is 4.74 Å². The summed E-state index contributed by atoms with van der Waals surface area (Å²) in [7, 11) is -1.65. The Morgan fingerprint density at radius 1 is 1.33 bits per heavy atom. The second-order valence-electron chi connectivity index (χ2n) is 6.03. The Labute approximate surface area is 152 Å². The third-order valence-electron chi connectivity index (χ3n) is 3.99. The van der Waals surface area contributed by atoms with Crippen molar-refractivity contribution in [1.29, 1.82) is 0 Å². The van der Waals surface area contributed by atoms with E-state index in [0.717, 1.165) is 23.9 Å². The molecule has 1 aromatic rings. The molecular weight excluding hydrogens is 394 g/mol. The fourth-order valence-corrected chi connectivity index (χ4v) is 3.95. The number of halogens is 1. The zero-order valence-electron chi connectivity index (χ0n) is 14.0. The van der Waals surface area contributed by atoms with Crippen LogP contribution in [0.2, 0.25) is 0 Å². The van der Waals surface area contributed by atoms with Crippen molar-refractivity contribution in [3.63, 3.8) is 0 Å². The van der Waals surface area contributed by atoms with Gasteiger partial charge in [0.15, 0.2) is 15.8 Å². The molecule has 1 aliphatic heterocycles. The van der Waals surface area contributed by atoms with Crippen molar-refractivity contribution in [2.45, 2.75) is 30.3 Å². The summed E-state index contributed by atoms with van der Waals surface area (Å²) >= 11 is 3.30. The second kappa shape index (κ2) is 8.31. The zero-order chi connectivity index (χ0) is 17.6. The summed E-state index contributed by atoms with van der Waals surface area (Å²) in [6, 6.07) is 6.65. The van der Waals surface area contributed by atoms with Crippen LogP contribution in [0.5, 0.6) is 0 Å². The van der Waals surface area contributed by atoms with Gasteiger partial charge in [-0.15, -0.1) is 0 Å². The third kappa shape index (κ3) is 5.46. The predicted molar refractivity (Wildman–Crippen MR) is 99.2 cm³/mol. The summed E-state index contributed by atoms with van der Waals surface area (Å²) in [5.41, 5.74) is -0.179. The van der Waals surface area contributed by atoms with Crippen molar-refractivity contribution in [2.24, 2.45) is 4.99 Å². The van der Waals surface area contributed by atoms with E-state index in [1.165, 1.54) is 0 Å². The molecule has 1 heterocycles. The monoisotopic (exact) mass is 417 g/mol. The quantitative estimate of drug-likeness (QED) is 0.546. The van der Waals surface area contributed by atoms with Gasteiger partial charge in [0.25, 0.3) is 0 Å². The summed E-state index contributed by atoms with van der Waals surface area (Å²) < 4.78 is 31.2. The lowest BCUT2D eigenvalue weighted by molar-refractivity contribution is 0.0243. The Morgan fingerprint density at radius 2 is 2.04 bits per heavy atom. The maximum Gasteiger partial charge on any atom is 0.191 e. The van der Waals surface area contributed by atoms with Crippen LogP contribution >= 0.6 is 15.9 Å². The topological polar surface area (TPSA) is 79.8 Å². The molecule has 134 valence electrons. The van der Waals surface area contributed by atoms with Crippen LogP contribution < -0.4 is 10.6 Å². The van der Waals surface area contributed by atoms with Crippen LogP contribution in [0, 0.1) is 0 Å². The van der Waals surface area contributed by atoms with Gasteiger partial charge in [-0.2, -0.15) is 0 Å². The van der Waals surface area contributed by atoms with Crippen molar-refractivity contribution >= 4 is 31.7 Å². The largest absolute Gasteiger partial charge is 0.373 e. The number of hydrogen-bond acceptors (Lipinski definition) is 4. The van der Waals surface area contributed by atoms with E-state index < -0.39 is 9.84 Å². The molecule has 1 fully saturated rings.